The van der Waals surface area contributed by atoms with E-state index in [1.807, 2.05) is 6.08 Å². The summed E-state index contributed by atoms with van der Waals surface area (Å²) < 4.78 is 10.0. The lowest BCUT2D eigenvalue weighted by Gasteiger charge is -2.35. The van der Waals surface area contributed by atoms with Gasteiger partial charge in [-0.2, -0.15) is 0 Å². The fourth-order valence-electron chi connectivity index (χ4n) is 3.42. The molecule has 27 heavy (non-hydrogen) atoms. The third-order valence-electron chi connectivity index (χ3n) is 4.80. The van der Waals surface area contributed by atoms with Gasteiger partial charge in [0.05, 0.1) is 18.3 Å². The largest absolute Gasteiger partial charge is 0.490 e. The lowest BCUT2D eigenvalue weighted by Crippen LogP contribution is -2.37. The van der Waals surface area contributed by atoms with E-state index in [0.717, 1.165) is 37.3 Å². The van der Waals surface area contributed by atoms with Gasteiger partial charge in [0.2, 0.25) is 0 Å². The van der Waals surface area contributed by atoms with Gasteiger partial charge in [0.25, 0.3) is 0 Å². The maximum atomic E-state index is 11.5. The predicted molar refractivity (Wildman–Crippen MR) is 102 cm³/mol. The molecule has 0 aliphatic carbocycles. The van der Waals surface area contributed by atoms with Crippen molar-refractivity contribution in [2.75, 3.05) is 25.1 Å². The minimum atomic E-state index is -0.480. The maximum absolute atomic E-state index is 11.5. The first-order valence-electron chi connectivity index (χ1n) is 8.61. The molecule has 3 rings (SSSR count). The van der Waals surface area contributed by atoms with Crippen LogP contribution in [0.2, 0.25) is 0 Å². The molecule has 1 aromatic carbocycles. The molecule has 0 aromatic heterocycles. The molecule has 1 amide bonds. The van der Waals surface area contributed by atoms with Gasteiger partial charge in [-0.1, -0.05) is 12.7 Å². The highest BCUT2D eigenvalue weighted by molar-refractivity contribution is 5.74. The molecule has 1 saturated heterocycles. The summed E-state index contributed by atoms with van der Waals surface area (Å²) in [5, 5.41) is 14.0. The highest BCUT2D eigenvalue weighted by Crippen LogP contribution is 2.37. The second-order valence-electron chi connectivity index (χ2n) is 6.29. The van der Waals surface area contributed by atoms with Crippen molar-refractivity contribution in [3.05, 3.63) is 58.5 Å². The number of carbonyl (C=O) groups is 1. The number of ether oxygens (including phenoxy) is 2. The summed E-state index contributed by atoms with van der Waals surface area (Å²) in [5.74, 6) is 0.437. The van der Waals surface area contributed by atoms with Crippen molar-refractivity contribution in [2.24, 2.45) is 5.92 Å². The zero-order valence-electron chi connectivity index (χ0n) is 15.0. The monoisotopic (exact) mass is 371 g/mol. The van der Waals surface area contributed by atoms with Crippen LogP contribution in [-0.4, -0.2) is 31.2 Å². The first-order valence-corrected chi connectivity index (χ1v) is 8.61. The number of alkyl carbamates (subject to hydrolysis) is 1. The molecule has 8 heteroatoms. The number of amides is 1. The number of hydrogen-bond acceptors (Lipinski definition) is 6. The zero-order chi connectivity index (χ0) is 19.4. The number of nitro benzene ring substituents is 1. The molecule has 1 fully saturated rings. The third-order valence-corrected chi connectivity index (χ3v) is 4.80. The van der Waals surface area contributed by atoms with Crippen LogP contribution in [0.3, 0.4) is 0 Å². The van der Waals surface area contributed by atoms with E-state index in [2.05, 4.69) is 16.8 Å². The molecule has 0 unspecified atom stereocenters. The van der Waals surface area contributed by atoms with Crippen molar-refractivity contribution >= 4 is 23.5 Å². The second-order valence-corrected chi connectivity index (χ2v) is 6.29. The third kappa shape index (κ3) is 3.94. The van der Waals surface area contributed by atoms with Crippen LogP contribution in [0, 0.1) is 16.0 Å². The summed E-state index contributed by atoms with van der Waals surface area (Å²) in [6.45, 7) is 5.26. The number of nitrogens with zero attached hydrogens (tertiary/aromatic N) is 2. The Bertz CT molecular complexity index is 823. The Morgan fingerprint density at radius 1 is 1.41 bits per heavy atom. The second kappa shape index (κ2) is 7.94. The lowest BCUT2D eigenvalue weighted by molar-refractivity contribution is -0.385. The molecule has 0 saturated carbocycles. The average Bonchev–Trinajstić information content (AvgIpc) is 2.91. The van der Waals surface area contributed by atoms with Crippen molar-refractivity contribution in [3.63, 3.8) is 0 Å². The van der Waals surface area contributed by atoms with Gasteiger partial charge >= 0.3 is 11.8 Å². The number of nitrogens with one attached hydrogen (secondary N) is 1. The van der Waals surface area contributed by atoms with Gasteiger partial charge in [0, 0.05) is 48.1 Å². The fraction of sp³-hybridized carbons (Fsp3) is 0.316. The van der Waals surface area contributed by atoms with Crippen molar-refractivity contribution in [2.45, 2.75) is 12.8 Å². The number of carbonyl (C=O) groups excluding carboxylic acids is 1. The van der Waals surface area contributed by atoms with Crippen LogP contribution in [0.1, 0.15) is 18.4 Å². The molecule has 0 atom stereocenters. The first kappa shape index (κ1) is 18.5. The van der Waals surface area contributed by atoms with Gasteiger partial charge in [0.15, 0.2) is 5.75 Å². The Labute approximate surface area is 156 Å². The van der Waals surface area contributed by atoms with Crippen molar-refractivity contribution in [3.8, 4) is 5.75 Å². The van der Waals surface area contributed by atoms with Gasteiger partial charge in [-0.25, -0.2) is 4.79 Å². The standard InChI is InChI=1S/C19H21N3O5/c1-3-13-11-17(22(24)25)18(26-2)12-16(13)21-8-6-14(7-9-21)15-5-4-10-27-19(23)20-15/h3-5,10-12,14H,1,6-9H2,2H3,(H,20,23). The van der Waals surface area contributed by atoms with Crippen LogP contribution in [0.5, 0.6) is 5.75 Å². The van der Waals surface area contributed by atoms with E-state index in [9.17, 15) is 14.9 Å². The summed E-state index contributed by atoms with van der Waals surface area (Å²) in [7, 11) is 1.42. The lowest BCUT2D eigenvalue weighted by atomic mass is 9.92. The molecule has 2 aliphatic heterocycles. The quantitative estimate of drug-likeness (QED) is 0.628. The molecule has 8 nitrogen and oxygen atoms in total. The van der Waals surface area contributed by atoms with E-state index in [-0.39, 0.29) is 17.4 Å². The molecule has 0 spiro atoms. The van der Waals surface area contributed by atoms with Crippen LogP contribution in [0.15, 0.2) is 42.8 Å². The van der Waals surface area contributed by atoms with E-state index >= 15 is 0 Å². The number of rotatable bonds is 5. The predicted octanol–water partition coefficient (Wildman–Crippen LogP) is 3.60. The number of benzene rings is 1. The first-order chi connectivity index (χ1) is 13.0. The molecule has 2 heterocycles. The normalized spacial score (nSPS) is 17.4. The number of piperidine rings is 1. The Hall–Kier alpha value is -3.29. The Morgan fingerprint density at radius 3 is 2.78 bits per heavy atom. The molecular formula is C19H21N3O5. The van der Waals surface area contributed by atoms with Gasteiger partial charge in [0.1, 0.15) is 0 Å². The molecular weight excluding hydrogens is 350 g/mol. The number of cyclic esters (lactones) is 1. The number of hydrogen-bond donors (Lipinski definition) is 1. The summed E-state index contributed by atoms with van der Waals surface area (Å²) in [4.78, 5) is 24.5. The van der Waals surface area contributed by atoms with E-state index in [0.29, 0.717) is 5.56 Å². The number of anilines is 1. The SMILES string of the molecule is C=Cc1cc([N+](=O)[O-])c(OC)cc1N1CCC(C2=CC=COC(=O)N2)CC1. The highest BCUT2D eigenvalue weighted by atomic mass is 16.6. The zero-order valence-corrected chi connectivity index (χ0v) is 15.0. The Balaban J connectivity index is 1.78. The van der Waals surface area contributed by atoms with Gasteiger partial charge in [-0.3, -0.25) is 15.4 Å². The maximum Gasteiger partial charge on any atom is 0.416 e. The summed E-state index contributed by atoms with van der Waals surface area (Å²) in [6, 6.07) is 3.18. The minimum absolute atomic E-state index is 0.0795. The smallest absolute Gasteiger partial charge is 0.416 e. The molecule has 1 aromatic rings. The van der Waals surface area contributed by atoms with Gasteiger partial charge < -0.3 is 14.4 Å². The van der Waals surface area contributed by atoms with Crippen LogP contribution in [0.4, 0.5) is 16.2 Å². The number of allylic oxidation sites excluding steroid dienone is 3. The van der Waals surface area contributed by atoms with Crippen LogP contribution in [-0.2, 0) is 4.74 Å². The molecule has 0 radical (unpaired) electrons. The average molecular weight is 371 g/mol. The van der Waals surface area contributed by atoms with Crippen LogP contribution < -0.4 is 15.0 Å². The molecule has 0 bridgehead atoms. The fourth-order valence-corrected chi connectivity index (χ4v) is 3.42. The van der Waals surface area contributed by atoms with Crippen molar-refractivity contribution < 1.29 is 19.2 Å². The van der Waals surface area contributed by atoms with E-state index in [4.69, 9.17) is 9.47 Å². The Kier molecular flexibility index (Phi) is 5.44. The van der Waals surface area contributed by atoms with E-state index in [1.165, 1.54) is 19.4 Å². The number of nitro groups is 1. The summed E-state index contributed by atoms with van der Waals surface area (Å²) in [5.41, 5.74) is 2.31. The van der Waals surface area contributed by atoms with E-state index in [1.54, 1.807) is 18.2 Å². The summed E-state index contributed by atoms with van der Waals surface area (Å²) >= 11 is 0. The topological polar surface area (TPSA) is 93.9 Å². The van der Waals surface area contributed by atoms with Gasteiger partial charge in [-0.15, -0.1) is 0 Å². The van der Waals surface area contributed by atoms with Gasteiger partial charge in [-0.05, 0) is 25.0 Å². The van der Waals surface area contributed by atoms with E-state index < -0.39 is 11.0 Å². The van der Waals surface area contributed by atoms with Crippen molar-refractivity contribution in [1.29, 1.82) is 0 Å². The summed E-state index contributed by atoms with van der Waals surface area (Å²) in [6.07, 6.45) is 7.71. The number of methoxy groups -OCH3 is 1. The molecule has 142 valence electrons. The molecule has 1 N–H and O–H groups in total. The molecule has 2 aliphatic rings. The van der Waals surface area contributed by atoms with Crippen LogP contribution in [0.25, 0.3) is 6.08 Å². The Morgan fingerprint density at radius 2 is 2.15 bits per heavy atom. The minimum Gasteiger partial charge on any atom is -0.490 e. The van der Waals surface area contributed by atoms with Crippen LogP contribution >= 0.6 is 0 Å². The highest BCUT2D eigenvalue weighted by Gasteiger charge is 2.27. The van der Waals surface area contributed by atoms with Crippen molar-refractivity contribution in [1.82, 2.24) is 5.32 Å².